The van der Waals surface area contributed by atoms with Crippen molar-refractivity contribution in [1.82, 2.24) is 0 Å². The zero-order chi connectivity index (χ0) is 4.57. The third kappa shape index (κ3) is 0.555. The average molecular weight is 103 g/mol. The smallest absolute Gasteiger partial charge is 0.149 e. The minimum absolute atomic E-state index is 0.157. The lowest BCUT2D eigenvalue weighted by Crippen LogP contribution is -1.83. The summed E-state index contributed by atoms with van der Waals surface area (Å²) in [4.78, 5) is 10.0. The Morgan fingerprint density at radius 2 is 2.50 bits per heavy atom. The lowest BCUT2D eigenvalue weighted by atomic mass is 10.9. The molecule has 0 aliphatic heterocycles. The summed E-state index contributed by atoms with van der Waals surface area (Å²) in [5.41, 5.74) is 0. The Balaban J connectivity index is 2.26. The van der Waals surface area contributed by atoms with Gasteiger partial charge in [-0.3, -0.25) is 9.93 Å². The van der Waals surface area contributed by atoms with Crippen molar-refractivity contribution in [1.29, 1.82) is 0 Å². The van der Waals surface area contributed by atoms with Gasteiger partial charge in [-0.15, -0.1) is 0 Å². The highest BCUT2D eigenvalue weighted by Gasteiger charge is 2.33. The van der Waals surface area contributed by atoms with Gasteiger partial charge in [0.05, 0.1) is 5.25 Å². The van der Waals surface area contributed by atoms with E-state index < -0.39 is 0 Å². The summed E-state index contributed by atoms with van der Waals surface area (Å²) < 4.78 is 0. The van der Waals surface area contributed by atoms with Gasteiger partial charge in [0.1, 0.15) is 5.78 Å². The molecule has 0 saturated heterocycles. The summed E-state index contributed by atoms with van der Waals surface area (Å²) in [6.07, 6.45) is 0.696. The Labute approximate surface area is 40.2 Å². The summed E-state index contributed by atoms with van der Waals surface area (Å²) >= 11 is 1.15. The Kier molecular flexibility index (Phi) is 0.856. The third-order valence-electron chi connectivity index (χ3n) is 0.750. The zero-order valence-corrected chi connectivity index (χ0v) is 3.99. The first kappa shape index (κ1) is 4.15. The van der Waals surface area contributed by atoms with E-state index in [2.05, 4.69) is 0 Å². The van der Waals surface area contributed by atoms with E-state index in [0.717, 1.165) is 11.9 Å². The molecule has 0 spiro atoms. The molecular weight excluding hydrogens is 98.1 g/mol. The van der Waals surface area contributed by atoms with Crippen molar-refractivity contribution in [3.05, 3.63) is 0 Å². The van der Waals surface area contributed by atoms with E-state index in [1.165, 1.54) is 0 Å². The van der Waals surface area contributed by atoms with Crippen LogP contribution in [0, 0.1) is 0 Å². The van der Waals surface area contributed by atoms with Gasteiger partial charge in [0.25, 0.3) is 0 Å². The van der Waals surface area contributed by atoms with Gasteiger partial charge >= 0.3 is 0 Å². The van der Waals surface area contributed by atoms with Crippen molar-refractivity contribution in [3.63, 3.8) is 0 Å². The standard InChI is InChI=1S/C3H5NOS/c4-6-3-1-2(3)5/h3H,1,4H2. The predicted octanol–water partition coefficient (Wildman–Crippen LogP) is -0.0653. The summed E-state index contributed by atoms with van der Waals surface area (Å²) in [6.45, 7) is 0. The van der Waals surface area contributed by atoms with Crippen LogP contribution in [0.15, 0.2) is 0 Å². The fourth-order valence-corrected chi connectivity index (χ4v) is 0.660. The fourth-order valence-electron chi connectivity index (χ4n) is 0.248. The lowest BCUT2D eigenvalue weighted by molar-refractivity contribution is -0.109. The van der Waals surface area contributed by atoms with Crippen molar-refractivity contribution in [2.45, 2.75) is 11.7 Å². The topological polar surface area (TPSA) is 43.1 Å². The monoisotopic (exact) mass is 103 g/mol. The van der Waals surface area contributed by atoms with Crippen LogP contribution in [-0.4, -0.2) is 11.0 Å². The van der Waals surface area contributed by atoms with Crippen molar-refractivity contribution >= 4 is 17.7 Å². The molecule has 2 nitrogen and oxygen atoms in total. The molecule has 1 aliphatic carbocycles. The van der Waals surface area contributed by atoms with Gasteiger partial charge in [-0.2, -0.15) is 0 Å². The van der Waals surface area contributed by atoms with Gasteiger partial charge in [-0.05, 0) is 0 Å². The van der Waals surface area contributed by atoms with E-state index in [-0.39, 0.29) is 5.25 Å². The molecule has 0 amide bonds. The van der Waals surface area contributed by atoms with Crippen LogP contribution in [0.4, 0.5) is 0 Å². The number of nitrogens with two attached hydrogens (primary N) is 1. The molecule has 1 aliphatic rings. The van der Waals surface area contributed by atoms with Crippen LogP contribution in [-0.2, 0) is 4.79 Å². The maximum Gasteiger partial charge on any atom is 0.149 e. The average Bonchev–Trinajstić information content (AvgIpc) is 2.19. The fraction of sp³-hybridized carbons (Fsp3) is 0.667. The number of rotatable bonds is 1. The number of ketones is 1. The molecule has 1 saturated carbocycles. The summed E-state index contributed by atoms with van der Waals surface area (Å²) in [7, 11) is 0. The molecule has 0 heterocycles. The Bertz CT molecular complexity index is 82.9. The van der Waals surface area contributed by atoms with Gasteiger partial charge < -0.3 is 0 Å². The molecule has 3 heteroatoms. The van der Waals surface area contributed by atoms with Gasteiger partial charge in [-0.1, -0.05) is 11.9 Å². The van der Waals surface area contributed by atoms with Crippen molar-refractivity contribution in [2.75, 3.05) is 0 Å². The second-order valence-electron chi connectivity index (χ2n) is 1.30. The third-order valence-corrected chi connectivity index (χ3v) is 1.51. The van der Waals surface area contributed by atoms with Crippen LogP contribution in [0.5, 0.6) is 0 Å². The molecule has 2 N–H and O–H groups in total. The molecule has 0 aromatic rings. The van der Waals surface area contributed by atoms with Crippen LogP contribution in [0.1, 0.15) is 6.42 Å². The Morgan fingerprint density at radius 3 is 2.50 bits per heavy atom. The second-order valence-corrected chi connectivity index (χ2v) is 2.14. The number of hydrogen-bond donors (Lipinski definition) is 1. The van der Waals surface area contributed by atoms with E-state index in [1.807, 2.05) is 0 Å². The quantitative estimate of drug-likeness (QED) is 0.472. The molecular formula is C3H5NOS. The van der Waals surface area contributed by atoms with E-state index >= 15 is 0 Å². The SMILES string of the molecule is NSC1CC1=O. The van der Waals surface area contributed by atoms with E-state index in [1.54, 1.807) is 0 Å². The lowest BCUT2D eigenvalue weighted by Gasteiger charge is -1.72. The van der Waals surface area contributed by atoms with Crippen molar-refractivity contribution in [3.8, 4) is 0 Å². The molecule has 1 atom stereocenters. The van der Waals surface area contributed by atoms with Crippen LogP contribution >= 0.6 is 11.9 Å². The normalized spacial score (nSPS) is 30.8. The Morgan fingerprint density at radius 1 is 2.00 bits per heavy atom. The molecule has 1 rings (SSSR count). The van der Waals surface area contributed by atoms with Crippen LogP contribution < -0.4 is 5.14 Å². The Hall–Kier alpha value is -0.0200. The van der Waals surface area contributed by atoms with Gasteiger partial charge in [0.15, 0.2) is 0 Å². The predicted molar refractivity (Wildman–Crippen MR) is 25.2 cm³/mol. The van der Waals surface area contributed by atoms with Crippen LogP contribution in [0.25, 0.3) is 0 Å². The molecule has 0 radical (unpaired) electrons. The first-order chi connectivity index (χ1) is 2.84. The van der Waals surface area contributed by atoms with Gasteiger partial charge in [0, 0.05) is 6.42 Å². The van der Waals surface area contributed by atoms with E-state index in [4.69, 9.17) is 5.14 Å². The second kappa shape index (κ2) is 1.24. The number of Topliss-reactive ketones (excluding diaryl/α,β-unsaturated/α-hetero) is 1. The largest absolute Gasteiger partial charge is 0.298 e. The molecule has 1 fully saturated rings. The van der Waals surface area contributed by atoms with Gasteiger partial charge in [-0.25, -0.2) is 0 Å². The number of carbonyl (C=O) groups is 1. The number of carbonyl (C=O) groups excluding carboxylic acids is 1. The van der Waals surface area contributed by atoms with Crippen LogP contribution in [0.2, 0.25) is 0 Å². The van der Waals surface area contributed by atoms with Crippen LogP contribution in [0.3, 0.4) is 0 Å². The summed E-state index contributed by atoms with van der Waals surface area (Å²) in [6, 6.07) is 0. The zero-order valence-electron chi connectivity index (χ0n) is 3.18. The van der Waals surface area contributed by atoms with Crippen molar-refractivity contribution < 1.29 is 4.79 Å². The first-order valence-electron chi connectivity index (χ1n) is 1.73. The highest BCUT2D eigenvalue weighted by atomic mass is 32.2. The highest BCUT2D eigenvalue weighted by Crippen LogP contribution is 2.24. The molecule has 0 aromatic carbocycles. The minimum Gasteiger partial charge on any atom is -0.298 e. The van der Waals surface area contributed by atoms with E-state index in [0.29, 0.717) is 12.2 Å². The summed E-state index contributed by atoms with van der Waals surface area (Å²) in [5, 5.41) is 5.18. The molecule has 34 valence electrons. The molecule has 1 unspecified atom stereocenters. The minimum atomic E-state index is 0.157. The number of hydrogen-bond acceptors (Lipinski definition) is 3. The maximum atomic E-state index is 10.0. The van der Waals surface area contributed by atoms with Crippen molar-refractivity contribution in [2.24, 2.45) is 5.14 Å². The first-order valence-corrected chi connectivity index (χ1v) is 2.67. The van der Waals surface area contributed by atoms with Gasteiger partial charge in [0.2, 0.25) is 0 Å². The van der Waals surface area contributed by atoms with E-state index in [9.17, 15) is 4.79 Å². The molecule has 0 aromatic heterocycles. The summed E-state index contributed by atoms with van der Waals surface area (Å²) in [5.74, 6) is 0.294. The highest BCUT2D eigenvalue weighted by molar-refractivity contribution is 7.99. The maximum absolute atomic E-state index is 10.0. The molecule has 0 bridgehead atoms. The molecule has 6 heavy (non-hydrogen) atoms.